The Hall–Kier alpha value is -2.46. The quantitative estimate of drug-likeness (QED) is 0.454. The van der Waals surface area contributed by atoms with Crippen molar-refractivity contribution >= 4 is 11.8 Å². The number of hydrogen-bond donors (Lipinski definition) is 1. The van der Waals surface area contributed by atoms with Crippen molar-refractivity contribution in [1.82, 2.24) is 0 Å². The molecule has 4 heteroatoms. The van der Waals surface area contributed by atoms with Crippen LogP contribution in [0.15, 0.2) is 73.6 Å². The second kappa shape index (κ2) is 8.96. The van der Waals surface area contributed by atoms with E-state index in [4.69, 9.17) is 4.42 Å². The fourth-order valence-corrected chi connectivity index (χ4v) is 5.87. The normalized spacial score (nSPS) is 15.5. The molecule has 1 N–H and O–H groups in total. The van der Waals surface area contributed by atoms with E-state index in [2.05, 4.69) is 44.2 Å². The predicted molar refractivity (Wildman–Crippen MR) is 126 cm³/mol. The fourth-order valence-electron chi connectivity index (χ4n) is 4.69. The smallest absolute Gasteiger partial charge is 0.353 e. The van der Waals surface area contributed by atoms with Crippen molar-refractivity contribution in [2.75, 3.05) is 0 Å². The van der Waals surface area contributed by atoms with Crippen molar-refractivity contribution in [3.63, 3.8) is 0 Å². The molecule has 0 amide bonds. The van der Waals surface area contributed by atoms with E-state index >= 15 is 0 Å². The van der Waals surface area contributed by atoms with E-state index in [0.717, 1.165) is 48.1 Å². The lowest BCUT2D eigenvalue weighted by molar-refractivity contribution is 0.303. The third kappa shape index (κ3) is 4.59. The standard InChI is InChI=1S/C27H30O3S/c1-18(2)21-12-11-19(3)15-23(21)31-25-22(28)16-24(30-26(25)29)27(13-7-8-14-27)17-20-9-5-4-6-10-20/h4-6,9-12,15-16,18,28H,7-8,13-14,17H2,1-3H3. The third-order valence-electron chi connectivity index (χ3n) is 6.36. The molecule has 0 aliphatic heterocycles. The first-order chi connectivity index (χ1) is 14.9. The van der Waals surface area contributed by atoms with Crippen LogP contribution >= 0.6 is 11.8 Å². The van der Waals surface area contributed by atoms with Crippen LogP contribution in [0.25, 0.3) is 0 Å². The first kappa shape index (κ1) is 21.8. The molecule has 3 nitrogen and oxygen atoms in total. The molecular formula is C27H30O3S. The minimum absolute atomic E-state index is 0.0202. The Morgan fingerprint density at radius 3 is 2.42 bits per heavy atom. The van der Waals surface area contributed by atoms with Gasteiger partial charge in [-0.05, 0) is 54.9 Å². The van der Waals surface area contributed by atoms with Gasteiger partial charge in [0.2, 0.25) is 0 Å². The van der Waals surface area contributed by atoms with E-state index in [1.807, 2.05) is 25.1 Å². The highest BCUT2D eigenvalue weighted by Crippen LogP contribution is 2.45. The van der Waals surface area contributed by atoms with Crippen LogP contribution in [0.2, 0.25) is 0 Å². The monoisotopic (exact) mass is 434 g/mol. The molecule has 1 saturated carbocycles. The first-order valence-electron chi connectivity index (χ1n) is 11.1. The molecule has 0 bridgehead atoms. The van der Waals surface area contributed by atoms with Crippen molar-refractivity contribution in [2.24, 2.45) is 0 Å². The minimum Gasteiger partial charge on any atom is -0.506 e. The van der Waals surface area contributed by atoms with Crippen molar-refractivity contribution in [3.05, 3.63) is 87.5 Å². The van der Waals surface area contributed by atoms with Crippen molar-refractivity contribution in [1.29, 1.82) is 0 Å². The lowest BCUT2D eigenvalue weighted by atomic mass is 9.77. The van der Waals surface area contributed by atoms with Gasteiger partial charge in [-0.25, -0.2) is 4.79 Å². The molecule has 1 aliphatic carbocycles. The molecule has 1 fully saturated rings. The van der Waals surface area contributed by atoms with Crippen LogP contribution in [-0.2, 0) is 11.8 Å². The fraction of sp³-hybridized carbons (Fsp3) is 0.370. The summed E-state index contributed by atoms with van der Waals surface area (Å²) >= 11 is 1.31. The van der Waals surface area contributed by atoms with Gasteiger partial charge in [-0.1, -0.05) is 80.9 Å². The lowest BCUT2D eigenvalue weighted by Gasteiger charge is -2.28. The molecule has 1 aliphatic rings. The topological polar surface area (TPSA) is 50.4 Å². The maximum Gasteiger partial charge on any atom is 0.353 e. The Morgan fingerprint density at radius 2 is 1.77 bits per heavy atom. The van der Waals surface area contributed by atoms with Crippen LogP contribution in [0.3, 0.4) is 0 Å². The summed E-state index contributed by atoms with van der Waals surface area (Å²) in [7, 11) is 0. The summed E-state index contributed by atoms with van der Waals surface area (Å²) in [6, 6.07) is 18.3. The molecule has 0 atom stereocenters. The lowest BCUT2D eigenvalue weighted by Crippen LogP contribution is -2.26. The zero-order chi connectivity index (χ0) is 22.0. The van der Waals surface area contributed by atoms with Gasteiger partial charge in [0.25, 0.3) is 0 Å². The summed E-state index contributed by atoms with van der Waals surface area (Å²) in [6.07, 6.45) is 4.96. The summed E-state index contributed by atoms with van der Waals surface area (Å²) in [4.78, 5) is 14.3. The minimum atomic E-state index is -0.449. The molecule has 0 spiro atoms. The molecule has 3 aromatic rings. The van der Waals surface area contributed by atoms with Gasteiger partial charge in [0, 0.05) is 16.4 Å². The van der Waals surface area contributed by atoms with E-state index in [-0.39, 0.29) is 16.1 Å². The first-order valence-corrected chi connectivity index (χ1v) is 11.9. The molecule has 31 heavy (non-hydrogen) atoms. The van der Waals surface area contributed by atoms with Gasteiger partial charge >= 0.3 is 5.63 Å². The van der Waals surface area contributed by atoms with Gasteiger partial charge in [-0.15, -0.1) is 0 Å². The van der Waals surface area contributed by atoms with Gasteiger partial charge in [0.05, 0.1) is 0 Å². The molecular weight excluding hydrogens is 404 g/mol. The van der Waals surface area contributed by atoms with Gasteiger partial charge in [0.15, 0.2) is 0 Å². The molecule has 0 saturated heterocycles. The number of benzene rings is 2. The van der Waals surface area contributed by atoms with E-state index < -0.39 is 5.63 Å². The zero-order valence-corrected chi connectivity index (χ0v) is 19.3. The third-order valence-corrected chi connectivity index (χ3v) is 7.51. The van der Waals surface area contributed by atoms with Crippen LogP contribution in [0.5, 0.6) is 5.75 Å². The van der Waals surface area contributed by atoms with Crippen molar-refractivity contribution in [2.45, 2.75) is 74.0 Å². The summed E-state index contributed by atoms with van der Waals surface area (Å²) in [5, 5.41) is 10.9. The average Bonchev–Trinajstić information content (AvgIpc) is 3.21. The molecule has 2 aromatic carbocycles. The summed E-state index contributed by atoms with van der Waals surface area (Å²) in [6.45, 7) is 6.30. The Balaban J connectivity index is 1.71. The van der Waals surface area contributed by atoms with Crippen LogP contribution in [-0.4, -0.2) is 5.11 Å². The van der Waals surface area contributed by atoms with E-state index in [0.29, 0.717) is 11.7 Å². The number of hydrogen-bond acceptors (Lipinski definition) is 4. The van der Waals surface area contributed by atoms with Gasteiger partial charge in [-0.2, -0.15) is 0 Å². The number of aromatic hydroxyl groups is 1. The Kier molecular flexibility index (Phi) is 6.29. The maximum atomic E-state index is 13.0. The Morgan fingerprint density at radius 1 is 1.06 bits per heavy atom. The van der Waals surface area contributed by atoms with Crippen LogP contribution in [0.4, 0.5) is 0 Å². The van der Waals surface area contributed by atoms with Crippen LogP contribution in [0.1, 0.15) is 67.9 Å². The average molecular weight is 435 g/mol. The zero-order valence-electron chi connectivity index (χ0n) is 18.5. The predicted octanol–water partition coefficient (Wildman–Crippen LogP) is 6.98. The molecule has 0 unspecified atom stereocenters. The van der Waals surface area contributed by atoms with E-state index in [9.17, 15) is 9.90 Å². The molecule has 1 aromatic heterocycles. The van der Waals surface area contributed by atoms with Gasteiger partial charge < -0.3 is 9.52 Å². The van der Waals surface area contributed by atoms with Crippen LogP contribution in [0, 0.1) is 6.92 Å². The largest absolute Gasteiger partial charge is 0.506 e. The highest BCUT2D eigenvalue weighted by Gasteiger charge is 2.39. The van der Waals surface area contributed by atoms with E-state index in [1.54, 1.807) is 6.07 Å². The summed E-state index contributed by atoms with van der Waals surface area (Å²) in [5.74, 6) is 0.963. The number of aryl methyl sites for hydroxylation is 1. The Bertz CT molecular complexity index is 1110. The van der Waals surface area contributed by atoms with Crippen molar-refractivity contribution in [3.8, 4) is 5.75 Å². The number of rotatable bonds is 6. The Labute approximate surface area is 188 Å². The molecule has 0 radical (unpaired) electrons. The highest BCUT2D eigenvalue weighted by molar-refractivity contribution is 7.99. The SMILES string of the molecule is Cc1ccc(C(C)C)c(Sc2c(O)cc(C3(Cc4ccccc4)CCCC3)oc2=O)c1. The summed E-state index contributed by atoms with van der Waals surface area (Å²) < 4.78 is 5.92. The maximum absolute atomic E-state index is 13.0. The van der Waals surface area contributed by atoms with E-state index in [1.165, 1.54) is 17.3 Å². The molecule has 4 rings (SSSR count). The molecule has 1 heterocycles. The van der Waals surface area contributed by atoms with Gasteiger partial charge in [-0.3, -0.25) is 0 Å². The summed E-state index contributed by atoms with van der Waals surface area (Å²) in [5.41, 5.74) is 2.84. The molecule has 162 valence electrons. The van der Waals surface area contributed by atoms with Gasteiger partial charge in [0.1, 0.15) is 16.4 Å². The second-order valence-corrected chi connectivity index (χ2v) is 10.1. The van der Waals surface area contributed by atoms with Crippen LogP contribution < -0.4 is 5.63 Å². The van der Waals surface area contributed by atoms with Crippen molar-refractivity contribution < 1.29 is 9.52 Å². The second-order valence-electron chi connectivity index (χ2n) is 9.06. The highest BCUT2D eigenvalue weighted by atomic mass is 32.2.